The summed E-state index contributed by atoms with van der Waals surface area (Å²) in [6.07, 6.45) is 1.85. The van der Waals surface area contributed by atoms with Crippen molar-refractivity contribution in [2.24, 2.45) is 0 Å². The van der Waals surface area contributed by atoms with Crippen LogP contribution in [0.25, 0.3) is 16.9 Å². The molecule has 0 amide bonds. The summed E-state index contributed by atoms with van der Waals surface area (Å²) in [4.78, 5) is 0. The fourth-order valence-electron chi connectivity index (χ4n) is 2.45. The van der Waals surface area contributed by atoms with Crippen molar-refractivity contribution in [1.82, 2.24) is 15.0 Å². The van der Waals surface area contributed by atoms with E-state index in [1.807, 2.05) is 60.8 Å². The van der Waals surface area contributed by atoms with Gasteiger partial charge in [0.15, 0.2) is 0 Å². The molecule has 0 aliphatic heterocycles. The van der Waals surface area contributed by atoms with Gasteiger partial charge in [-0.3, -0.25) is 0 Å². The molecule has 0 fully saturated rings. The maximum Gasteiger partial charge on any atom is 0.127 e. The fourth-order valence-corrected chi connectivity index (χ4v) is 2.45. The van der Waals surface area contributed by atoms with E-state index in [0.717, 1.165) is 28.4 Å². The molecule has 1 N–H and O–H groups in total. The predicted molar refractivity (Wildman–Crippen MR) is 95.0 cm³/mol. The monoisotopic (exact) mass is 329 g/mol. The summed E-state index contributed by atoms with van der Waals surface area (Å²) in [5, 5.41) is 17.7. The molecule has 0 aliphatic rings. The Morgan fingerprint density at radius 1 is 0.760 bits per heavy atom. The standard InChI is InChI=1S/C20H15N3O2/c24-17-10-8-16(9-11-17)23-14-20(21-22-23)15-6-12-19(13-7-15)25-18-4-2-1-3-5-18/h1-14,24H. The van der Waals surface area contributed by atoms with Crippen molar-refractivity contribution in [1.29, 1.82) is 0 Å². The van der Waals surface area contributed by atoms with Crippen LogP contribution in [0, 0.1) is 0 Å². The van der Waals surface area contributed by atoms with Gasteiger partial charge in [-0.05, 0) is 60.7 Å². The van der Waals surface area contributed by atoms with Crippen LogP contribution < -0.4 is 4.74 Å². The molecule has 3 aromatic carbocycles. The highest BCUT2D eigenvalue weighted by molar-refractivity contribution is 5.59. The summed E-state index contributed by atoms with van der Waals surface area (Å²) in [7, 11) is 0. The third kappa shape index (κ3) is 3.35. The Bertz CT molecular complexity index is 962. The number of para-hydroxylation sites is 1. The molecule has 122 valence electrons. The lowest BCUT2D eigenvalue weighted by Crippen LogP contribution is -1.93. The molecule has 0 radical (unpaired) electrons. The number of hydrogen-bond acceptors (Lipinski definition) is 4. The van der Waals surface area contributed by atoms with Crippen molar-refractivity contribution >= 4 is 0 Å². The normalized spacial score (nSPS) is 10.6. The second kappa shape index (κ2) is 6.49. The predicted octanol–water partition coefficient (Wildman–Crippen LogP) is 4.43. The van der Waals surface area contributed by atoms with Crippen LogP contribution in [0.3, 0.4) is 0 Å². The Morgan fingerprint density at radius 3 is 2.16 bits per heavy atom. The van der Waals surface area contributed by atoms with Crippen LogP contribution in [0.1, 0.15) is 0 Å². The molecule has 0 saturated carbocycles. The summed E-state index contributed by atoms with van der Waals surface area (Å²) in [6, 6.07) is 24.2. The van der Waals surface area contributed by atoms with Gasteiger partial charge in [-0.2, -0.15) is 0 Å². The van der Waals surface area contributed by atoms with E-state index in [-0.39, 0.29) is 5.75 Å². The Kier molecular flexibility index (Phi) is 3.88. The van der Waals surface area contributed by atoms with E-state index in [2.05, 4.69) is 10.3 Å². The number of nitrogens with zero attached hydrogens (tertiary/aromatic N) is 3. The van der Waals surface area contributed by atoms with Gasteiger partial charge in [0, 0.05) is 5.56 Å². The van der Waals surface area contributed by atoms with Crippen molar-refractivity contribution in [2.75, 3.05) is 0 Å². The van der Waals surface area contributed by atoms with E-state index in [1.54, 1.807) is 28.9 Å². The first-order valence-electron chi connectivity index (χ1n) is 7.83. The zero-order valence-corrected chi connectivity index (χ0v) is 13.3. The number of hydrogen-bond donors (Lipinski definition) is 1. The second-order valence-electron chi connectivity index (χ2n) is 5.50. The highest BCUT2D eigenvalue weighted by Gasteiger charge is 2.06. The highest BCUT2D eigenvalue weighted by Crippen LogP contribution is 2.25. The van der Waals surface area contributed by atoms with E-state index in [4.69, 9.17) is 4.74 Å². The van der Waals surface area contributed by atoms with E-state index in [0.29, 0.717) is 0 Å². The molecular weight excluding hydrogens is 314 g/mol. The summed E-state index contributed by atoms with van der Waals surface area (Å²) < 4.78 is 7.46. The number of phenolic OH excluding ortho intramolecular Hbond substituents is 1. The third-order valence-electron chi connectivity index (χ3n) is 3.74. The Labute approximate surface area is 144 Å². The molecule has 0 aliphatic carbocycles. The summed E-state index contributed by atoms with van der Waals surface area (Å²) in [5.74, 6) is 1.78. The number of aromatic nitrogens is 3. The van der Waals surface area contributed by atoms with Crippen LogP contribution in [0.5, 0.6) is 17.2 Å². The van der Waals surface area contributed by atoms with E-state index in [9.17, 15) is 5.11 Å². The molecule has 0 atom stereocenters. The highest BCUT2D eigenvalue weighted by atomic mass is 16.5. The van der Waals surface area contributed by atoms with Crippen LogP contribution in [0.15, 0.2) is 85.1 Å². The number of rotatable bonds is 4. The minimum Gasteiger partial charge on any atom is -0.508 e. The number of ether oxygens (including phenoxy) is 1. The molecule has 0 unspecified atom stereocenters. The third-order valence-corrected chi connectivity index (χ3v) is 3.74. The topological polar surface area (TPSA) is 60.2 Å². The number of aromatic hydroxyl groups is 1. The zero-order chi connectivity index (χ0) is 17.1. The van der Waals surface area contributed by atoms with Crippen LogP contribution >= 0.6 is 0 Å². The van der Waals surface area contributed by atoms with Crippen molar-refractivity contribution < 1.29 is 9.84 Å². The van der Waals surface area contributed by atoms with Crippen molar-refractivity contribution in [2.45, 2.75) is 0 Å². The first-order valence-corrected chi connectivity index (χ1v) is 7.83. The van der Waals surface area contributed by atoms with E-state index < -0.39 is 0 Å². The summed E-state index contributed by atoms with van der Waals surface area (Å²) in [5.41, 5.74) is 2.55. The minimum atomic E-state index is 0.220. The quantitative estimate of drug-likeness (QED) is 0.601. The van der Waals surface area contributed by atoms with Gasteiger partial charge >= 0.3 is 0 Å². The van der Waals surface area contributed by atoms with Gasteiger partial charge in [-0.25, -0.2) is 4.68 Å². The number of phenols is 1. The number of benzene rings is 3. The molecule has 25 heavy (non-hydrogen) atoms. The molecule has 1 heterocycles. The molecule has 4 rings (SSSR count). The van der Waals surface area contributed by atoms with Gasteiger partial charge in [0.25, 0.3) is 0 Å². The van der Waals surface area contributed by atoms with Crippen LogP contribution in [-0.4, -0.2) is 20.1 Å². The molecule has 5 heteroatoms. The summed E-state index contributed by atoms with van der Waals surface area (Å²) >= 11 is 0. The Morgan fingerprint density at radius 2 is 1.44 bits per heavy atom. The largest absolute Gasteiger partial charge is 0.508 e. The van der Waals surface area contributed by atoms with Crippen LogP contribution in [0.2, 0.25) is 0 Å². The van der Waals surface area contributed by atoms with Gasteiger partial charge in [-0.1, -0.05) is 23.4 Å². The maximum absolute atomic E-state index is 9.36. The SMILES string of the molecule is Oc1ccc(-n2cc(-c3ccc(Oc4ccccc4)cc3)nn2)cc1. The fraction of sp³-hybridized carbons (Fsp3) is 0. The molecule has 1 aromatic heterocycles. The Hall–Kier alpha value is -3.60. The van der Waals surface area contributed by atoms with Crippen molar-refractivity contribution in [3.63, 3.8) is 0 Å². The first kappa shape index (κ1) is 15.0. The van der Waals surface area contributed by atoms with Gasteiger partial charge < -0.3 is 9.84 Å². The smallest absolute Gasteiger partial charge is 0.127 e. The van der Waals surface area contributed by atoms with Crippen LogP contribution in [-0.2, 0) is 0 Å². The molecule has 0 bridgehead atoms. The van der Waals surface area contributed by atoms with Gasteiger partial charge in [0.2, 0.25) is 0 Å². The molecule has 4 aromatic rings. The molecule has 5 nitrogen and oxygen atoms in total. The Balaban J connectivity index is 1.53. The van der Waals surface area contributed by atoms with Crippen molar-refractivity contribution in [3.05, 3.63) is 85.1 Å². The zero-order valence-electron chi connectivity index (χ0n) is 13.3. The first-order chi connectivity index (χ1) is 12.3. The summed E-state index contributed by atoms with van der Waals surface area (Å²) in [6.45, 7) is 0. The molecule has 0 spiro atoms. The lowest BCUT2D eigenvalue weighted by atomic mass is 10.1. The minimum absolute atomic E-state index is 0.220. The lowest BCUT2D eigenvalue weighted by molar-refractivity contribution is 0.475. The second-order valence-corrected chi connectivity index (χ2v) is 5.50. The van der Waals surface area contributed by atoms with E-state index >= 15 is 0 Å². The van der Waals surface area contributed by atoms with Gasteiger partial charge in [0.05, 0.1) is 11.9 Å². The van der Waals surface area contributed by atoms with Gasteiger partial charge in [-0.15, -0.1) is 5.10 Å². The molecular formula is C20H15N3O2. The average molecular weight is 329 g/mol. The lowest BCUT2D eigenvalue weighted by Gasteiger charge is -2.05. The average Bonchev–Trinajstić information content (AvgIpc) is 3.14. The van der Waals surface area contributed by atoms with Crippen molar-refractivity contribution in [3.8, 4) is 34.2 Å². The van der Waals surface area contributed by atoms with Gasteiger partial charge in [0.1, 0.15) is 22.9 Å². The maximum atomic E-state index is 9.36. The van der Waals surface area contributed by atoms with Crippen LogP contribution in [0.4, 0.5) is 0 Å². The molecule has 0 saturated heterocycles. The van der Waals surface area contributed by atoms with E-state index in [1.165, 1.54) is 0 Å².